The van der Waals surface area contributed by atoms with Gasteiger partial charge in [-0.2, -0.15) is 0 Å². The summed E-state index contributed by atoms with van der Waals surface area (Å²) in [5, 5.41) is 3.42. The van der Waals surface area contributed by atoms with E-state index in [0.717, 1.165) is 38.0 Å². The van der Waals surface area contributed by atoms with E-state index in [1.54, 1.807) is 0 Å². The number of likely N-dealkylation sites (tertiary alicyclic amines) is 1. The highest BCUT2D eigenvalue weighted by Crippen LogP contribution is 2.29. The Hall–Kier alpha value is -1.06. The van der Waals surface area contributed by atoms with Gasteiger partial charge in [0.05, 0.1) is 0 Å². The van der Waals surface area contributed by atoms with E-state index in [0.29, 0.717) is 12.0 Å². The van der Waals surface area contributed by atoms with Gasteiger partial charge in [0, 0.05) is 18.2 Å². The molecule has 1 aromatic rings. The zero-order valence-corrected chi connectivity index (χ0v) is 15.1. The highest BCUT2D eigenvalue weighted by Gasteiger charge is 2.25. The van der Waals surface area contributed by atoms with Crippen molar-refractivity contribution in [1.29, 1.82) is 0 Å². The lowest BCUT2D eigenvalue weighted by Gasteiger charge is -2.34. The van der Waals surface area contributed by atoms with Crippen molar-refractivity contribution in [3.8, 4) is 0 Å². The fourth-order valence-electron chi connectivity index (χ4n) is 3.91. The minimum atomic E-state index is 0. The molecule has 3 rings (SSSR count). The topological polar surface area (TPSA) is 32.3 Å². The van der Waals surface area contributed by atoms with Crippen LogP contribution in [0.3, 0.4) is 0 Å². The molecular weight excluding hydrogens is 308 g/mol. The Morgan fingerprint density at radius 2 is 1.91 bits per heavy atom. The molecule has 1 amide bonds. The van der Waals surface area contributed by atoms with Crippen LogP contribution in [0, 0.1) is 6.92 Å². The summed E-state index contributed by atoms with van der Waals surface area (Å²) >= 11 is 0. The summed E-state index contributed by atoms with van der Waals surface area (Å²) in [5.74, 6) is 0.829. The number of piperidine rings is 2. The second-order valence-corrected chi connectivity index (χ2v) is 6.94. The number of aryl methyl sites for hydroxylation is 1. The summed E-state index contributed by atoms with van der Waals surface area (Å²) in [6, 6.07) is 6.71. The molecule has 2 aliphatic heterocycles. The van der Waals surface area contributed by atoms with E-state index in [9.17, 15) is 4.79 Å². The van der Waals surface area contributed by atoms with Crippen LogP contribution in [-0.4, -0.2) is 36.5 Å². The van der Waals surface area contributed by atoms with E-state index in [1.165, 1.54) is 30.4 Å². The molecule has 1 aromatic carbocycles. The lowest BCUT2D eigenvalue weighted by molar-refractivity contribution is 0.0635. The van der Waals surface area contributed by atoms with E-state index in [-0.39, 0.29) is 18.3 Å². The highest BCUT2D eigenvalue weighted by molar-refractivity contribution is 5.94. The van der Waals surface area contributed by atoms with Gasteiger partial charge in [0.2, 0.25) is 0 Å². The van der Waals surface area contributed by atoms with Gasteiger partial charge in [0.25, 0.3) is 5.91 Å². The second-order valence-electron chi connectivity index (χ2n) is 6.94. The predicted octanol–water partition coefficient (Wildman–Crippen LogP) is 3.90. The Bertz CT molecular complexity index is 540. The molecule has 0 saturated carbocycles. The van der Waals surface area contributed by atoms with Gasteiger partial charge < -0.3 is 10.2 Å². The summed E-state index contributed by atoms with van der Waals surface area (Å²) in [4.78, 5) is 14.9. The fourth-order valence-corrected chi connectivity index (χ4v) is 3.91. The molecular formula is C19H29ClN2O. The van der Waals surface area contributed by atoms with Crippen LogP contribution in [0.1, 0.15) is 66.4 Å². The molecule has 0 spiro atoms. The van der Waals surface area contributed by atoms with Gasteiger partial charge in [-0.25, -0.2) is 0 Å². The van der Waals surface area contributed by atoms with Crippen LogP contribution < -0.4 is 5.32 Å². The molecule has 1 atom stereocenters. The molecule has 4 heteroatoms. The standard InChI is InChI=1S/C19H28N2O.ClH/c1-14-6-7-17(13-18(14)16-8-10-20-11-9-16)19(22)21-12-4-3-5-15(21)2;/h6-7,13,15-16,20H,3-5,8-12H2,1-2H3;1H. The maximum atomic E-state index is 12.9. The fraction of sp³-hybridized carbons (Fsp3) is 0.632. The quantitative estimate of drug-likeness (QED) is 0.888. The third kappa shape index (κ3) is 4.07. The molecule has 1 unspecified atom stereocenters. The van der Waals surface area contributed by atoms with E-state index >= 15 is 0 Å². The minimum Gasteiger partial charge on any atom is -0.336 e. The molecule has 0 bridgehead atoms. The van der Waals surface area contributed by atoms with Crippen molar-refractivity contribution in [3.05, 3.63) is 34.9 Å². The second kappa shape index (κ2) is 8.16. The summed E-state index contributed by atoms with van der Waals surface area (Å²) < 4.78 is 0. The van der Waals surface area contributed by atoms with Crippen molar-refractivity contribution in [2.75, 3.05) is 19.6 Å². The van der Waals surface area contributed by atoms with E-state index < -0.39 is 0 Å². The van der Waals surface area contributed by atoms with Gasteiger partial charge in [-0.3, -0.25) is 4.79 Å². The maximum absolute atomic E-state index is 12.9. The Balaban J connectivity index is 0.00000192. The average Bonchev–Trinajstić information content (AvgIpc) is 2.56. The van der Waals surface area contributed by atoms with E-state index in [2.05, 4.69) is 36.2 Å². The molecule has 2 saturated heterocycles. The first kappa shape index (κ1) is 18.3. The van der Waals surface area contributed by atoms with Gasteiger partial charge in [-0.15, -0.1) is 12.4 Å². The van der Waals surface area contributed by atoms with Gasteiger partial charge in [0.15, 0.2) is 0 Å². The number of carbonyl (C=O) groups is 1. The number of benzene rings is 1. The van der Waals surface area contributed by atoms with E-state index in [4.69, 9.17) is 0 Å². The van der Waals surface area contributed by atoms with Crippen LogP contribution in [0.2, 0.25) is 0 Å². The van der Waals surface area contributed by atoms with Crippen LogP contribution in [0.4, 0.5) is 0 Å². The third-order valence-corrected chi connectivity index (χ3v) is 5.37. The van der Waals surface area contributed by atoms with Crippen molar-refractivity contribution in [2.24, 2.45) is 0 Å². The summed E-state index contributed by atoms with van der Waals surface area (Å²) in [5.41, 5.74) is 3.60. The van der Waals surface area contributed by atoms with Gasteiger partial charge >= 0.3 is 0 Å². The smallest absolute Gasteiger partial charge is 0.254 e. The van der Waals surface area contributed by atoms with Crippen LogP contribution in [0.25, 0.3) is 0 Å². The van der Waals surface area contributed by atoms with Gasteiger partial charge in [0.1, 0.15) is 0 Å². The number of hydrogen-bond donors (Lipinski definition) is 1. The molecule has 1 N–H and O–H groups in total. The molecule has 0 aromatic heterocycles. The van der Waals surface area contributed by atoms with Crippen LogP contribution in [0.15, 0.2) is 18.2 Å². The number of halogens is 1. The molecule has 3 nitrogen and oxygen atoms in total. The van der Waals surface area contributed by atoms with Crippen LogP contribution >= 0.6 is 12.4 Å². The first-order chi connectivity index (χ1) is 10.7. The normalized spacial score (nSPS) is 22.5. The van der Waals surface area contributed by atoms with Crippen LogP contribution in [-0.2, 0) is 0 Å². The number of rotatable bonds is 2. The summed E-state index contributed by atoms with van der Waals surface area (Å²) in [6.45, 7) is 7.45. The average molecular weight is 337 g/mol. The largest absolute Gasteiger partial charge is 0.336 e. The molecule has 0 aliphatic carbocycles. The Labute approximate surface area is 146 Å². The van der Waals surface area contributed by atoms with Crippen molar-refractivity contribution < 1.29 is 4.79 Å². The molecule has 2 aliphatic rings. The summed E-state index contributed by atoms with van der Waals surface area (Å²) in [7, 11) is 0. The maximum Gasteiger partial charge on any atom is 0.254 e. The first-order valence-corrected chi connectivity index (χ1v) is 8.79. The predicted molar refractivity (Wildman–Crippen MR) is 97.6 cm³/mol. The SMILES string of the molecule is Cc1ccc(C(=O)N2CCCCC2C)cc1C1CCNCC1.Cl. The molecule has 128 valence electrons. The highest BCUT2D eigenvalue weighted by atomic mass is 35.5. The number of nitrogens with one attached hydrogen (secondary N) is 1. The molecule has 23 heavy (non-hydrogen) atoms. The van der Waals surface area contributed by atoms with Crippen molar-refractivity contribution in [3.63, 3.8) is 0 Å². The zero-order chi connectivity index (χ0) is 15.5. The van der Waals surface area contributed by atoms with Crippen molar-refractivity contribution >= 4 is 18.3 Å². The monoisotopic (exact) mass is 336 g/mol. The van der Waals surface area contributed by atoms with Gasteiger partial charge in [-0.05, 0) is 88.2 Å². The van der Waals surface area contributed by atoms with Crippen molar-refractivity contribution in [1.82, 2.24) is 10.2 Å². The minimum absolute atomic E-state index is 0. The number of nitrogens with zero attached hydrogens (tertiary/aromatic N) is 1. The van der Waals surface area contributed by atoms with E-state index in [1.807, 2.05) is 6.07 Å². The third-order valence-electron chi connectivity index (χ3n) is 5.37. The Kier molecular flexibility index (Phi) is 6.49. The molecule has 0 radical (unpaired) electrons. The van der Waals surface area contributed by atoms with Crippen molar-refractivity contribution in [2.45, 2.75) is 57.9 Å². The summed E-state index contributed by atoms with van der Waals surface area (Å²) in [6.07, 6.45) is 5.89. The lowest BCUT2D eigenvalue weighted by atomic mass is 9.86. The zero-order valence-electron chi connectivity index (χ0n) is 14.3. The molecule has 2 heterocycles. The van der Waals surface area contributed by atoms with Gasteiger partial charge in [-0.1, -0.05) is 6.07 Å². The van der Waals surface area contributed by atoms with Crippen LogP contribution in [0.5, 0.6) is 0 Å². The molecule has 2 fully saturated rings. The Morgan fingerprint density at radius 3 is 2.61 bits per heavy atom. The number of hydrogen-bond acceptors (Lipinski definition) is 2. The number of carbonyl (C=O) groups excluding carboxylic acids is 1. The lowest BCUT2D eigenvalue weighted by Crippen LogP contribution is -2.42. The first-order valence-electron chi connectivity index (χ1n) is 8.79. The number of amides is 1. The Morgan fingerprint density at radius 1 is 1.17 bits per heavy atom.